The predicted molar refractivity (Wildman–Crippen MR) is 104 cm³/mol. The van der Waals surface area contributed by atoms with Crippen molar-refractivity contribution in [3.05, 3.63) is 63.5 Å². The zero-order valence-corrected chi connectivity index (χ0v) is 16.4. The number of benzene rings is 2. The van der Waals surface area contributed by atoms with Gasteiger partial charge in [0.15, 0.2) is 0 Å². The van der Waals surface area contributed by atoms with Crippen LogP contribution in [0.4, 0.5) is 15.8 Å². The molecular formula is C18H19FN4O5S. The lowest BCUT2D eigenvalue weighted by Crippen LogP contribution is -2.49. The van der Waals surface area contributed by atoms with E-state index in [1.54, 1.807) is 22.8 Å². The van der Waals surface area contributed by atoms with Crippen molar-refractivity contribution >= 4 is 27.3 Å². The van der Waals surface area contributed by atoms with Crippen molar-refractivity contribution in [2.24, 2.45) is 5.14 Å². The summed E-state index contributed by atoms with van der Waals surface area (Å²) in [4.78, 5) is 25.8. The van der Waals surface area contributed by atoms with E-state index in [1.807, 2.05) is 0 Å². The molecule has 0 bridgehead atoms. The number of non-ortho nitro benzene ring substituents is 1. The van der Waals surface area contributed by atoms with E-state index < -0.39 is 20.8 Å². The summed E-state index contributed by atoms with van der Waals surface area (Å²) in [6.45, 7) is 2.74. The van der Waals surface area contributed by atoms with E-state index in [9.17, 15) is 27.7 Å². The number of aryl methyl sites for hydroxylation is 1. The van der Waals surface area contributed by atoms with Crippen molar-refractivity contribution in [3.8, 4) is 0 Å². The van der Waals surface area contributed by atoms with E-state index in [1.165, 1.54) is 24.3 Å². The monoisotopic (exact) mass is 422 g/mol. The number of primary sulfonamides is 1. The summed E-state index contributed by atoms with van der Waals surface area (Å²) in [6, 6.07) is 7.76. The Balaban J connectivity index is 1.79. The summed E-state index contributed by atoms with van der Waals surface area (Å²) in [5.41, 5.74) is 0.543. The molecule has 0 unspecified atom stereocenters. The molecule has 0 atom stereocenters. The molecule has 3 rings (SSSR count). The number of nitrogens with two attached hydrogens (primary N) is 1. The number of nitro groups is 1. The van der Waals surface area contributed by atoms with Gasteiger partial charge < -0.3 is 9.80 Å². The topological polar surface area (TPSA) is 127 Å². The second kappa shape index (κ2) is 7.76. The first kappa shape index (κ1) is 20.7. The minimum atomic E-state index is -4.19. The lowest BCUT2D eigenvalue weighted by molar-refractivity contribution is -0.385. The van der Waals surface area contributed by atoms with Crippen LogP contribution in [0.2, 0.25) is 0 Å². The van der Waals surface area contributed by atoms with E-state index in [2.05, 4.69) is 0 Å². The highest BCUT2D eigenvalue weighted by atomic mass is 32.2. The molecule has 1 fully saturated rings. The van der Waals surface area contributed by atoms with Crippen molar-refractivity contribution in [3.63, 3.8) is 0 Å². The Morgan fingerprint density at radius 3 is 2.34 bits per heavy atom. The highest BCUT2D eigenvalue weighted by Crippen LogP contribution is 2.29. The normalized spacial score (nSPS) is 14.7. The lowest BCUT2D eigenvalue weighted by Gasteiger charge is -2.36. The van der Waals surface area contributed by atoms with E-state index in [0.29, 0.717) is 18.7 Å². The number of nitrogens with zero attached hydrogens (tertiary/aromatic N) is 3. The van der Waals surface area contributed by atoms with Gasteiger partial charge >= 0.3 is 0 Å². The van der Waals surface area contributed by atoms with Crippen LogP contribution in [0.15, 0.2) is 41.3 Å². The molecule has 1 heterocycles. The molecule has 11 heteroatoms. The zero-order valence-electron chi connectivity index (χ0n) is 15.5. The van der Waals surface area contributed by atoms with Crippen molar-refractivity contribution in [1.29, 1.82) is 0 Å². The Morgan fingerprint density at radius 1 is 1.14 bits per heavy atom. The van der Waals surface area contributed by atoms with Gasteiger partial charge in [-0.2, -0.15) is 0 Å². The highest BCUT2D eigenvalue weighted by molar-refractivity contribution is 7.89. The molecule has 9 nitrogen and oxygen atoms in total. The molecule has 2 aromatic carbocycles. The number of sulfonamides is 1. The van der Waals surface area contributed by atoms with Gasteiger partial charge in [-0.25, -0.2) is 17.9 Å². The molecule has 0 aliphatic carbocycles. The van der Waals surface area contributed by atoms with Gasteiger partial charge in [0.05, 0.1) is 10.6 Å². The van der Waals surface area contributed by atoms with E-state index in [-0.39, 0.29) is 40.8 Å². The first-order valence-corrected chi connectivity index (χ1v) is 10.2. The molecule has 29 heavy (non-hydrogen) atoms. The molecule has 154 valence electrons. The van der Waals surface area contributed by atoms with E-state index in [0.717, 1.165) is 6.07 Å². The zero-order chi connectivity index (χ0) is 21.3. The summed E-state index contributed by atoms with van der Waals surface area (Å²) in [6.07, 6.45) is 0. The van der Waals surface area contributed by atoms with Crippen molar-refractivity contribution < 1.29 is 22.5 Å². The van der Waals surface area contributed by atoms with Gasteiger partial charge in [-0.15, -0.1) is 0 Å². The highest BCUT2D eigenvalue weighted by Gasteiger charge is 2.27. The average Bonchev–Trinajstić information content (AvgIpc) is 2.68. The number of nitro benzene ring substituents is 1. The molecule has 0 radical (unpaired) electrons. The van der Waals surface area contributed by atoms with Gasteiger partial charge in [0.1, 0.15) is 10.7 Å². The Morgan fingerprint density at radius 2 is 1.79 bits per heavy atom. The van der Waals surface area contributed by atoms with Crippen LogP contribution in [0.5, 0.6) is 0 Å². The van der Waals surface area contributed by atoms with Crippen LogP contribution in [0, 0.1) is 22.9 Å². The largest absolute Gasteiger partial charge is 0.367 e. The number of amides is 1. The molecule has 0 aromatic heterocycles. The minimum Gasteiger partial charge on any atom is -0.367 e. The third-order valence-corrected chi connectivity index (χ3v) is 5.73. The smallest absolute Gasteiger partial charge is 0.270 e. The molecule has 2 aromatic rings. The molecule has 0 saturated carbocycles. The lowest BCUT2D eigenvalue weighted by atomic mass is 10.1. The summed E-state index contributed by atoms with van der Waals surface area (Å²) in [5.74, 6) is -0.780. The van der Waals surface area contributed by atoms with E-state index >= 15 is 0 Å². The Bertz CT molecular complexity index is 1080. The fourth-order valence-corrected chi connectivity index (χ4v) is 3.94. The summed E-state index contributed by atoms with van der Waals surface area (Å²) in [5, 5.41) is 16.2. The second-order valence-electron chi connectivity index (χ2n) is 6.70. The van der Waals surface area contributed by atoms with Crippen LogP contribution in [0.1, 0.15) is 15.9 Å². The van der Waals surface area contributed by atoms with Crippen molar-refractivity contribution in [2.75, 3.05) is 31.1 Å². The second-order valence-corrected chi connectivity index (χ2v) is 8.23. The third-order valence-electron chi connectivity index (χ3n) is 4.79. The van der Waals surface area contributed by atoms with Gasteiger partial charge in [0.25, 0.3) is 11.6 Å². The first-order chi connectivity index (χ1) is 13.6. The van der Waals surface area contributed by atoms with Crippen LogP contribution < -0.4 is 10.0 Å². The standard InChI is InChI=1S/C18H19FN4O5S/c1-12-2-3-13(10-15(12)19)18(24)22-8-6-21(7-9-22)16-5-4-14(23(25)26)11-17(16)29(20,27)28/h2-5,10-11H,6-9H2,1H3,(H2,20,27,28). The van der Waals surface area contributed by atoms with Gasteiger partial charge in [-0.3, -0.25) is 14.9 Å². The summed E-state index contributed by atoms with van der Waals surface area (Å²) < 4.78 is 37.6. The van der Waals surface area contributed by atoms with Crippen LogP contribution in [0.25, 0.3) is 0 Å². The Kier molecular flexibility index (Phi) is 5.53. The molecular weight excluding hydrogens is 403 g/mol. The van der Waals surface area contributed by atoms with Gasteiger partial charge in [-0.05, 0) is 30.7 Å². The molecule has 2 N–H and O–H groups in total. The number of carbonyl (C=O) groups is 1. The number of carbonyl (C=O) groups excluding carboxylic acids is 1. The minimum absolute atomic E-state index is 0.238. The molecule has 1 saturated heterocycles. The number of hydrogen-bond acceptors (Lipinski definition) is 6. The number of halogens is 1. The first-order valence-electron chi connectivity index (χ1n) is 8.69. The molecule has 1 aliphatic rings. The van der Waals surface area contributed by atoms with Gasteiger partial charge in [-0.1, -0.05) is 6.07 Å². The maximum Gasteiger partial charge on any atom is 0.270 e. The molecule has 1 amide bonds. The SMILES string of the molecule is Cc1ccc(C(=O)N2CCN(c3ccc([N+](=O)[O-])cc3S(N)(=O)=O)CC2)cc1F. The van der Waals surface area contributed by atoms with Crippen LogP contribution in [-0.4, -0.2) is 50.3 Å². The maximum atomic E-state index is 13.7. The Hall–Kier alpha value is -3.05. The maximum absolute atomic E-state index is 13.7. The quantitative estimate of drug-likeness (QED) is 0.590. The van der Waals surface area contributed by atoms with Gasteiger partial charge in [0.2, 0.25) is 10.0 Å². The number of rotatable bonds is 4. The van der Waals surface area contributed by atoms with Crippen LogP contribution in [-0.2, 0) is 10.0 Å². The van der Waals surface area contributed by atoms with Gasteiger partial charge in [0, 0.05) is 43.9 Å². The van der Waals surface area contributed by atoms with Crippen molar-refractivity contribution in [2.45, 2.75) is 11.8 Å². The number of anilines is 1. The van der Waals surface area contributed by atoms with Crippen molar-refractivity contribution in [1.82, 2.24) is 4.90 Å². The summed E-state index contributed by atoms with van der Waals surface area (Å²) in [7, 11) is -4.19. The van der Waals surface area contributed by atoms with Crippen LogP contribution in [0.3, 0.4) is 0 Å². The predicted octanol–water partition coefficient (Wildman–Crippen LogP) is 1.65. The summed E-state index contributed by atoms with van der Waals surface area (Å²) >= 11 is 0. The average molecular weight is 422 g/mol. The third kappa shape index (κ3) is 4.35. The Labute approximate surface area is 166 Å². The molecule has 1 aliphatic heterocycles. The number of piperazine rings is 1. The van der Waals surface area contributed by atoms with Crippen LogP contribution >= 0.6 is 0 Å². The number of hydrogen-bond donors (Lipinski definition) is 1. The fourth-order valence-electron chi connectivity index (χ4n) is 3.16. The fraction of sp³-hybridized carbons (Fsp3) is 0.278. The molecule has 0 spiro atoms. The van der Waals surface area contributed by atoms with E-state index in [4.69, 9.17) is 5.14 Å².